The summed E-state index contributed by atoms with van der Waals surface area (Å²) in [5.41, 5.74) is 4.32. The van der Waals surface area contributed by atoms with Crippen LogP contribution in [-0.4, -0.2) is 48.6 Å². The molecular formula is C18H23ClFN6O+. The van der Waals surface area contributed by atoms with Crippen LogP contribution in [0.2, 0.25) is 5.02 Å². The van der Waals surface area contributed by atoms with Gasteiger partial charge in [0, 0.05) is 5.56 Å². The van der Waals surface area contributed by atoms with Crippen molar-refractivity contribution in [3.63, 3.8) is 0 Å². The maximum absolute atomic E-state index is 14.7. The molecule has 1 fully saturated rings. The van der Waals surface area contributed by atoms with Crippen LogP contribution in [0.4, 0.5) is 15.8 Å². The average Bonchev–Trinajstić information content (AvgIpc) is 2.69. The summed E-state index contributed by atoms with van der Waals surface area (Å²) in [4.78, 5) is 15.1. The van der Waals surface area contributed by atoms with Gasteiger partial charge < -0.3 is 9.80 Å². The van der Waals surface area contributed by atoms with E-state index >= 15 is 0 Å². The van der Waals surface area contributed by atoms with E-state index in [4.69, 9.17) is 11.6 Å². The lowest BCUT2D eigenvalue weighted by Gasteiger charge is -2.33. The molecule has 0 atom stereocenters. The minimum Gasteiger partial charge on any atom is -0.358 e. The highest BCUT2D eigenvalue weighted by Crippen LogP contribution is 2.21. The van der Waals surface area contributed by atoms with Gasteiger partial charge in [-0.2, -0.15) is 10.2 Å². The fourth-order valence-corrected chi connectivity index (χ4v) is 3.21. The molecule has 1 saturated heterocycles. The maximum Gasteiger partial charge on any atom is 0.285 e. The smallest absolute Gasteiger partial charge is 0.285 e. The monoisotopic (exact) mass is 393 g/mol. The molecule has 0 aliphatic carbocycles. The van der Waals surface area contributed by atoms with Crippen molar-refractivity contribution in [2.45, 2.75) is 13.8 Å². The number of H-pyrrole nitrogens is 1. The molecule has 1 aliphatic heterocycles. The second-order valence-electron chi connectivity index (χ2n) is 6.49. The number of piperazine rings is 1. The van der Waals surface area contributed by atoms with Crippen LogP contribution in [0.15, 0.2) is 34.3 Å². The van der Waals surface area contributed by atoms with Crippen molar-refractivity contribution in [3.8, 4) is 0 Å². The van der Waals surface area contributed by atoms with Gasteiger partial charge in [-0.3, -0.25) is 10.2 Å². The molecule has 0 spiro atoms. The number of hydrazone groups is 1. The van der Waals surface area contributed by atoms with Gasteiger partial charge in [-0.1, -0.05) is 17.7 Å². The summed E-state index contributed by atoms with van der Waals surface area (Å²) in [5.74, 6) is -0.266. The number of aromatic nitrogens is 2. The number of quaternary nitrogens is 1. The number of halogens is 2. The van der Waals surface area contributed by atoms with Crippen molar-refractivity contribution in [3.05, 3.63) is 51.2 Å². The molecular weight excluding hydrogens is 371 g/mol. The van der Waals surface area contributed by atoms with Crippen LogP contribution in [0.1, 0.15) is 19.4 Å². The maximum atomic E-state index is 14.7. The summed E-state index contributed by atoms with van der Waals surface area (Å²) in [6.07, 6.45) is 1.36. The molecule has 9 heteroatoms. The quantitative estimate of drug-likeness (QED) is 0.525. The minimum absolute atomic E-state index is 0.0311. The van der Waals surface area contributed by atoms with Crippen LogP contribution in [0.5, 0.6) is 0 Å². The van der Waals surface area contributed by atoms with Crippen molar-refractivity contribution in [1.82, 2.24) is 10.2 Å². The van der Waals surface area contributed by atoms with E-state index in [1.54, 1.807) is 17.9 Å². The molecule has 3 rings (SSSR count). The van der Waals surface area contributed by atoms with Gasteiger partial charge in [0.2, 0.25) is 0 Å². The first-order valence-corrected chi connectivity index (χ1v) is 9.29. The third kappa shape index (κ3) is 4.45. The van der Waals surface area contributed by atoms with Crippen molar-refractivity contribution in [2.75, 3.05) is 43.0 Å². The summed E-state index contributed by atoms with van der Waals surface area (Å²) < 4.78 is 14.7. The molecule has 144 valence electrons. The van der Waals surface area contributed by atoms with Crippen molar-refractivity contribution >= 4 is 28.7 Å². The number of likely N-dealkylation sites (N-methyl/N-ethyl adjacent to an activating group) is 1. The molecule has 1 aromatic heterocycles. The number of hydrogen-bond donors (Lipinski definition) is 3. The number of nitrogens with zero attached hydrogens (tertiary/aromatic N) is 3. The van der Waals surface area contributed by atoms with E-state index in [9.17, 15) is 9.18 Å². The molecule has 0 radical (unpaired) electrons. The van der Waals surface area contributed by atoms with Gasteiger partial charge in [0.1, 0.15) is 16.5 Å². The zero-order valence-electron chi connectivity index (χ0n) is 15.4. The lowest BCUT2D eigenvalue weighted by atomic mass is 10.1. The Morgan fingerprint density at radius 2 is 2.19 bits per heavy atom. The van der Waals surface area contributed by atoms with Gasteiger partial charge in [0.05, 0.1) is 50.3 Å². The molecule has 2 heterocycles. The molecule has 1 aromatic carbocycles. The Hall–Kier alpha value is -2.45. The Morgan fingerprint density at radius 1 is 1.44 bits per heavy atom. The Labute approximate surface area is 161 Å². The molecule has 27 heavy (non-hydrogen) atoms. The predicted molar refractivity (Wildman–Crippen MR) is 106 cm³/mol. The van der Waals surface area contributed by atoms with E-state index in [-0.39, 0.29) is 16.5 Å². The van der Waals surface area contributed by atoms with Crippen LogP contribution in [0.3, 0.4) is 0 Å². The van der Waals surface area contributed by atoms with Crippen LogP contribution in [0, 0.1) is 5.82 Å². The van der Waals surface area contributed by atoms with Crippen LogP contribution >= 0.6 is 11.6 Å². The second-order valence-corrected chi connectivity index (χ2v) is 6.87. The highest BCUT2D eigenvalue weighted by atomic mass is 35.5. The molecule has 7 nitrogen and oxygen atoms in total. The fourth-order valence-electron chi connectivity index (χ4n) is 3.08. The Morgan fingerprint density at radius 3 is 2.85 bits per heavy atom. The largest absolute Gasteiger partial charge is 0.358 e. The third-order valence-corrected chi connectivity index (χ3v) is 5.19. The number of benzene rings is 1. The SMILES string of the molecule is CC[NH+]1CCN(c2ccc(/C(C)=N\Nc3cn[nH]c(=O)c3Cl)cc2F)CC1. The van der Waals surface area contributed by atoms with Gasteiger partial charge in [0.15, 0.2) is 0 Å². The summed E-state index contributed by atoms with van der Waals surface area (Å²) in [6, 6.07) is 5.12. The zero-order chi connectivity index (χ0) is 19.4. The summed E-state index contributed by atoms with van der Waals surface area (Å²) >= 11 is 5.89. The highest BCUT2D eigenvalue weighted by Gasteiger charge is 2.21. The Bertz CT molecular complexity index is 892. The van der Waals surface area contributed by atoms with E-state index in [1.807, 2.05) is 6.07 Å². The van der Waals surface area contributed by atoms with E-state index in [2.05, 4.69) is 32.5 Å². The van der Waals surface area contributed by atoms with Crippen LogP contribution in [0.25, 0.3) is 0 Å². The lowest BCUT2D eigenvalue weighted by molar-refractivity contribution is -0.898. The Kier molecular flexibility index (Phi) is 6.08. The van der Waals surface area contributed by atoms with Crippen molar-refractivity contribution in [1.29, 1.82) is 0 Å². The number of nitrogens with one attached hydrogen (secondary N) is 3. The molecule has 3 N–H and O–H groups in total. The predicted octanol–water partition coefficient (Wildman–Crippen LogP) is 1.12. The summed E-state index contributed by atoms with van der Waals surface area (Å²) in [7, 11) is 0. The topological polar surface area (TPSA) is 77.8 Å². The molecule has 0 amide bonds. The van der Waals surface area contributed by atoms with Gasteiger partial charge in [-0.15, -0.1) is 0 Å². The van der Waals surface area contributed by atoms with Gasteiger partial charge in [-0.05, 0) is 26.0 Å². The van der Waals surface area contributed by atoms with E-state index < -0.39 is 5.56 Å². The lowest BCUT2D eigenvalue weighted by Crippen LogP contribution is -3.14. The van der Waals surface area contributed by atoms with Crippen LogP contribution in [-0.2, 0) is 0 Å². The first kappa shape index (κ1) is 19.3. The minimum atomic E-state index is -0.505. The summed E-state index contributed by atoms with van der Waals surface area (Å²) in [5, 5.41) is 10.0. The molecule has 2 aromatic rings. The molecule has 0 bridgehead atoms. The van der Waals surface area contributed by atoms with Crippen molar-refractivity contribution in [2.24, 2.45) is 5.10 Å². The van der Waals surface area contributed by atoms with E-state index in [0.717, 1.165) is 32.7 Å². The third-order valence-electron chi connectivity index (χ3n) is 4.82. The van der Waals surface area contributed by atoms with Gasteiger partial charge >= 0.3 is 0 Å². The molecule has 0 saturated carbocycles. The first-order chi connectivity index (χ1) is 13.0. The van der Waals surface area contributed by atoms with E-state index in [0.29, 0.717) is 17.0 Å². The number of anilines is 2. The average molecular weight is 394 g/mol. The van der Waals surface area contributed by atoms with E-state index in [1.165, 1.54) is 12.3 Å². The Balaban J connectivity index is 1.73. The van der Waals surface area contributed by atoms with Gasteiger partial charge in [-0.25, -0.2) is 9.49 Å². The summed E-state index contributed by atoms with van der Waals surface area (Å²) in [6.45, 7) is 8.76. The molecule has 1 aliphatic rings. The standard InChI is InChI=1S/C18H22ClFN6O/c1-3-25-6-8-26(9-7-25)16-5-4-13(10-14(16)20)12(2)22-23-15-11-21-24-18(27)17(15)19/h4-5,10-11H,3,6-9H2,1-2H3,(H2,23,24,27)/p+1/b22-12-. The first-order valence-electron chi connectivity index (χ1n) is 8.91. The van der Waals surface area contributed by atoms with Gasteiger partial charge in [0.25, 0.3) is 5.56 Å². The number of rotatable bonds is 5. The zero-order valence-corrected chi connectivity index (χ0v) is 16.1. The normalized spacial score (nSPS) is 15.9. The van der Waals surface area contributed by atoms with Crippen molar-refractivity contribution < 1.29 is 9.29 Å². The highest BCUT2D eigenvalue weighted by molar-refractivity contribution is 6.32. The molecule has 0 unspecified atom stereocenters. The number of aromatic amines is 1. The van der Waals surface area contributed by atoms with Crippen LogP contribution < -0.4 is 20.8 Å². The second kappa shape index (κ2) is 8.49. The number of hydrogen-bond acceptors (Lipinski definition) is 5. The fraction of sp³-hybridized carbons (Fsp3) is 0.389.